The first kappa shape index (κ1) is 12.5. The van der Waals surface area contributed by atoms with Gasteiger partial charge in [0.05, 0.1) is 24.0 Å². The Morgan fingerprint density at radius 2 is 2.00 bits per heavy atom. The maximum absolute atomic E-state index is 6.22. The molecule has 2 aromatic carbocycles. The van der Waals surface area contributed by atoms with Crippen molar-refractivity contribution in [3.8, 4) is 11.4 Å². The van der Waals surface area contributed by atoms with E-state index in [9.17, 15) is 0 Å². The van der Waals surface area contributed by atoms with Gasteiger partial charge in [-0.15, -0.1) is 0 Å². The first-order valence-corrected chi connectivity index (χ1v) is 6.75. The summed E-state index contributed by atoms with van der Waals surface area (Å²) in [6, 6.07) is 13.8. The van der Waals surface area contributed by atoms with Crippen LogP contribution in [0.25, 0.3) is 16.6 Å². The number of rotatable bonds is 4. The van der Waals surface area contributed by atoms with Crippen molar-refractivity contribution < 1.29 is 4.74 Å². The van der Waals surface area contributed by atoms with Gasteiger partial charge in [0.25, 0.3) is 0 Å². The minimum absolute atomic E-state index is 0.620. The summed E-state index contributed by atoms with van der Waals surface area (Å²) in [7, 11) is 0. The summed E-state index contributed by atoms with van der Waals surface area (Å²) in [5.74, 6) is 0.712. The van der Waals surface area contributed by atoms with Gasteiger partial charge in [0, 0.05) is 5.39 Å². The average Bonchev–Trinajstić information content (AvgIpc) is 2.90. The van der Waals surface area contributed by atoms with Crippen LogP contribution in [0, 0.1) is 0 Å². The lowest BCUT2D eigenvalue weighted by Gasteiger charge is -2.12. The standard InChI is InChI=1S/C16H17N3O/c1-2-10-20-15-9-5-8-14(16(15)17)19-13-7-4-3-6-12(13)11-18-19/h3-9,11H,2,10,17H2,1H3. The van der Waals surface area contributed by atoms with Crippen LogP contribution in [-0.4, -0.2) is 16.4 Å². The SMILES string of the molecule is CCCOc1cccc(-n2ncc3ccccc32)c1N. The zero-order valence-corrected chi connectivity index (χ0v) is 11.4. The van der Waals surface area contributed by atoms with Gasteiger partial charge in [0.1, 0.15) is 11.4 Å². The normalized spacial score (nSPS) is 10.8. The number of nitrogen functional groups attached to an aromatic ring is 1. The van der Waals surface area contributed by atoms with E-state index in [2.05, 4.69) is 12.0 Å². The second-order valence-corrected chi connectivity index (χ2v) is 4.65. The Kier molecular flexibility index (Phi) is 3.29. The van der Waals surface area contributed by atoms with Crippen LogP contribution in [-0.2, 0) is 0 Å². The summed E-state index contributed by atoms with van der Waals surface area (Å²) in [5.41, 5.74) is 8.72. The van der Waals surface area contributed by atoms with Crippen LogP contribution in [0.3, 0.4) is 0 Å². The van der Waals surface area contributed by atoms with Crippen molar-refractivity contribution in [1.82, 2.24) is 9.78 Å². The van der Waals surface area contributed by atoms with Gasteiger partial charge >= 0.3 is 0 Å². The monoisotopic (exact) mass is 267 g/mol. The zero-order chi connectivity index (χ0) is 13.9. The van der Waals surface area contributed by atoms with Gasteiger partial charge in [0.2, 0.25) is 0 Å². The van der Waals surface area contributed by atoms with Gasteiger partial charge in [-0.2, -0.15) is 5.10 Å². The Morgan fingerprint density at radius 3 is 2.85 bits per heavy atom. The first-order chi connectivity index (χ1) is 9.81. The van der Waals surface area contributed by atoms with E-state index in [-0.39, 0.29) is 0 Å². The van der Waals surface area contributed by atoms with Crippen LogP contribution in [0.15, 0.2) is 48.7 Å². The van der Waals surface area contributed by atoms with E-state index in [4.69, 9.17) is 10.5 Å². The van der Waals surface area contributed by atoms with Crippen LogP contribution in [0.5, 0.6) is 5.75 Å². The molecule has 0 unspecified atom stereocenters. The van der Waals surface area contributed by atoms with Crippen LogP contribution in [0.1, 0.15) is 13.3 Å². The third-order valence-corrected chi connectivity index (χ3v) is 3.21. The Morgan fingerprint density at radius 1 is 1.15 bits per heavy atom. The Balaban J connectivity index is 2.10. The summed E-state index contributed by atoms with van der Waals surface area (Å²) in [4.78, 5) is 0. The fourth-order valence-corrected chi connectivity index (χ4v) is 2.22. The molecule has 0 aliphatic heterocycles. The maximum Gasteiger partial charge on any atom is 0.144 e. The van der Waals surface area contributed by atoms with Gasteiger partial charge < -0.3 is 10.5 Å². The third kappa shape index (κ3) is 2.09. The van der Waals surface area contributed by atoms with Gasteiger partial charge in [-0.25, -0.2) is 4.68 Å². The predicted molar refractivity (Wildman–Crippen MR) is 81.3 cm³/mol. The zero-order valence-electron chi connectivity index (χ0n) is 11.4. The second-order valence-electron chi connectivity index (χ2n) is 4.65. The number of nitrogens with two attached hydrogens (primary N) is 1. The fraction of sp³-hybridized carbons (Fsp3) is 0.188. The molecule has 0 spiro atoms. The Bertz CT molecular complexity index is 733. The molecule has 3 rings (SSSR count). The maximum atomic E-state index is 6.22. The molecule has 1 aromatic heterocycles. The summed E-state index contributed by atoms with van der Waals surface area (Å²) in [6.45, 7) is 2.73. The fourth-order valence-electron chi connectivity index (χ4n) is 2.22. The second kappa shape index (κ2) is 5.25. The van der Waals surface area contributed by atoms with Gasteiger partial charge in [0.15, 0.2) is 0 Å². The molecule has 0 radical (unpaired) electrons. The largest absolute Gasteiger partial charge is 0.491 e. The number of aromatic nitrogens is 2. The van der Waals surface area contributed by atoms with Crippen molar-refractivity contribution in [2.24, 2.45) is 0 Å². The van der Waals surface area contributed by atoms with E-state index in [1.165, 1.54) is 0 Å². The third-order valence-electron chi connectivity index (χ3n) is 3.21. The van der Waals surface area contributed by atoms with Crippen LogP contribution in [0.2, 0.25) is 0 Å². The lowest BCUT2D eigenvalue weighted by atomic mass is 10.2. The van der Waals surface area contributed by atoms with Crippen LogP contribution < -0.4 is 10.5 Å². The molecule has 0 aliphatic rings. The lowest BCUT2D eigenvalue weighted by molar-refractivity contribution is 0.319. The van der Waals surface area contributed by atoms with E-state index in [1.54, 1.807) is 0 Å². The Hall–Kier alpha value is -2.49. The number of hydrogen-bond acceptors (Lipinski definition) is 3. The number of anilines is 1. The molecule has 0 fully saturated rings. The summed E-state index contributed by atoms with van der Waals surface area (Å²) < 4.78 is 7.52. The molecule has 0 saturated carbocycles. The highest BCUT2D eigenvalue weighted by Gasteiger charge is 2.11. The summed E-state index contributed by atoms with van der Waals surface area (Å²) >= 11 is 0. The van der Waals surface area contributed by atoms with E-state index >= 15 is 0 Å². The molecule has 2 N–H and O–H groups in total. The van der Waals surface area contributed by atoms with Crippen molar-refractivity contribution in [3.05, 3.63) is 48.7 Å². The highest BCUT2D eigenvalue weighted by atomic mass is 16.5. The molecule has 0 aliphatic carbocycles. The Labute approximate surface area is 117 Å². The van der Waals surface area contributed by atoms with Crippen molar-refractivity contribution in [2.45, 2.75) is 13.3 Å². The quantitative estimate of drug-likeness (QED) is 0.737. The molecule has 4 nitrogen and oxygen atoms in total. The average molecular weight is 267 g/mol. The molecular formula is C16H17N3O. The molecule has 0 atom stereocenters. The van der Waals surface area contributed by atoms with Crippen molar-refractivity contribution in [3.63, 3.8) is 0 Å². The van der Waals surface area contributed by atoms with Crippen molar-refractivity contribution in [2.75, 3.05) is 12.3 Å². The smallest absolute Gasteiger partial charge is 0.144 e. The summed E-state index contributed by atoms with van der Waals surface area (Å²) in [5, 5.41) is 5.52. The minimum atomic E-state index is 0.620. The number of para-hydroxylation sites is 2. The minimum Gasteiger partial charge on any atom is -0.491 e. The lowest BCUT2D eigenvalue weighted by Crippen LogP contribution is -2.05. The summed E-state index contributed by atoms with van der Waals surface area (Å²) in [6.07, 6.45) is 2.79. The number of hydrogen-bond donors (Lipinski definition) is 1. The highest BCUT2D eigenvalue weighted by Crippen LogP contribution is 2.30. The predicted octanol–water partition coefficient (Wildman–Crippen LogP) is 3.40. The molecule has 102 valence electrons. The molecule has 0 amide bonds. The van der Waals surface area contributed by atoms with Crippen molar-refractivity contribution in [1.29, 1.82) is 0 Å². The number of ether oxygens (including phenoxy) is 1. The number of nitrogens with zero attached hydrogens (tertiary/aromatic N) is 2. The van der Waals surface area contributed by atoms with Crippen molar-refractivity contribution >= 4 is 16.6 Å². The van der Waals surface area contributed by atoms with Gasteiger partial charge in [-0.05, 0) is 24.6 Å². The molecule has 20 heavy (non-hydrogen) atoms. The van der Waals surface area contributed by atoms with E-state index in [0.29, 0.717) is 18.0 Å². The van der Waals surface area contributed by atoms with E-state index in [1.807, 2.05) is 53.3 Å². The molecular weight excluding hydrogens is 250 g/mol. The van der Waals surface area contributed by atoms with Gasteiger partial charge in [-0.3, -0.25) is 0 Å². The number of benzene rings is 2. The molecule has 3 aromatic rings. The first-order valence-electron chi connectivity index (χ1n) is 6.75. The topological polar surface area (TPSA) is 53.1 Å². The number of fused-ring (bicyclic) bond motifs is 1. The molecule has 0 saturated heterocycles. The highest BCUT2D eigenvalue weighted by molar-refractivity contribution is 5.82. The van der Waals surface area contributed by atoms with E-state index in [0.717, 1.165) is 23.0 Å². The van der Waals surface area contributed by atoms with Crippen LogP contribution >= 0.6 is 0 Å². The molecule has 1 heterocycles. The van der Waals surface area contributed by atoms with Crippen LogP contribution in [0.4, 0.5) is 5.69 Å². The molecule has 4 heteroatoms. The van der Waals surface area contributed by atoms with Gasteiger partial charge in [-0.1, -0.05) is 31.2 Å². The van der Waals surface area contributed by atoms with E-state index < -0.39 is 0 Å². The molecule has 0 bridgehead atoms.